The van der Waals surface area contributed by atoms with Crippen LogP contribution >= 0.6 is 0 Å². The lowest BCUT2D eigenvalue weighted by Crippen LogP contribution is -2.36. The number of hydrogen-bond acceptors (Lipinski definition) is 5. The number of ether oxygens (including phenoxy) is 1. The van der Waals surface area contributed by atoms with Crippen LogP contribution in [0.2, 0.25) is 0 Å². The molecule has 24 heavy (non-hydrogen) atoms. The summed E-state index contributed by atoms with van der Waals surface area (Å²) in [6, 6.07) is 4.51. The zero-order valence-corrected chi connectivity index (χ0v) is 12.8. The number of nitriles is 1. The maximum Gasteiger partial charge on any atom is 0.416 e. The molecule has 0 fully saturated rings. The number of alkyl carbamates (subject to hydrolysis) is 1. The van der Waals surface area contributed by atoms with Gasteiger partial charge in [-0.3, -0.25) is 15.1 Å². The number of carbonyl (C=O) groups excluding carboxylic acids is 2. The van der Waals surface area contributed by atoms with Crippen molar-refractivity contribution < 1.29 is 27.5 Å². The van der Waals surface area contributed by atoms with Crippen molar-refractivity contribution in [3.8, 4) is 6.07 Å². The third kappa shape index (κ3) is 5.39. The topological polar surface area (TPSA) is 91.5 Å². The number of amides is 2. The number of halogens is 3. The molecule has 128 valence electrons. The predicted octanol–water partition coefficient (Wildman–Crippen LogP) is 3.13. The van der Waals surface area contributed by atoms with Crippen LogP contribution in [0, 0.1) is 24.2 Å². The molecule has 0 aliphatic heterocycles. The molecule has 1 N–H and O–H groups in total. The summed E-state index contributed by atoms with van der Waals surface area (Å²) in [4.78, 5) is 26.6. The van der Waals surface area contributed by atoms with E-state index in [-0.39, 0.29) is 17.9 Å². The van der Waals surface area contributed by atoms with Crippen molar-refractivity contribution in [1.29, 1.82) is 5.26 Å². The van der Waals surface area contributed by atoms with Gasteiger partial charge < -0.3 is 4.74 Å². The van der Waals surface area contributed by atoms with Gasteiger partial charge in [0, 0.05) is 6.21 Å². The highest BCUT2D eigenvalue weighted by atomic mass is 19.4. The maximum absolute atomic E-state index is 12.6. The summed E-state index contributed by atoms with van der Waals surface area (Å²) < 4.78 is 42.2. The van der Waals surface area contributed by atoms with Gasteiger partial charge in [0.15, 0.2) is 5.92 Å². The van der Waals surface area contributed by atoms with Gasteiger partial charge in [0.2, 0.25) is 0 Å². The van der Waals surface area contributed by atoms with E-state index in [0.717, 1.165) is 24.4 Å². The molecule has 9 heteroatoms. The molecule has 0 bridgehead atoms. The first kappa shape index (κ1) is 19.2. The second-order valence-corrected chi connectivity index (χ2v) is 4.59. The zero-order valence-electron chi connectivity index (χ0n) is 12.8. The Morgan fingerprint density at radius 3 is 2.62 bits per heavy atom. The molecule has 0 aromatic heterocycles. The molecule has 1 rings (SSSR count). The average Bonchev–Trinajstić information content (AvgIpc) is 2.48. The predicted molar refractivity (Wildman–Crippen MR) is 78.6 cm³/mol. The fraction of sp³-hybridized carbons (Fsp3) is 0.333. The molecule has 0 saturated heterocycles. The molecule has 1 aromatic rings. The van der Waals surface area contributed by atoms with Crippen molar-refractivity contribution in [3.05, 3.63) is 29.3 Å². The van der Waals surface area contributed by atoms with E-state index in [0.29, 0.717) is 0 Å². The van der Waals surface area contributed by atoms with E-state index < -0.39 is 29.7 Å². The summed E-state index contributed by atoms with van der Waals surface area (Å²) >= 11 is 0. The Morgan fingerprint density at radius 1 is 1.46 bits per heavy atom. The number of alkyl halides is 3. The van der Waals surface area contributed by atoms with Crippen LogP contribution in [0.15, 0.2) is 23.2 Å². The smallest absolute Gasteiger partial charge is 0.416 e. The Bertz CT molecular complexity index is 693. The van der Waals surface area contributed by atoms with Crippen LogP contribution in [-0.4, -0.2) is 24.8 Å². The SMILES string of the molecule is CCOC(=O)NC(=O)C(C#N)C=Nc1ccc(C(F)(F)F)cc1C. The number of hydrogen-bond donors (Lipinski definition) is 1. The minimum atomic E-state index is -4.47. The average molecular weight is 341 g/mol. The number of rotatable bonds is 4. The largest absolute Gasteiger partial charge is 0.450 e. The van der Waals surface area contributed by atoms with Gasteiger partial charge in [0.25, 0.3) is 5.91 Å². The second kappa shape index (κ2) is 8.10. The second-order valence-electron chi connectivity index (χ2n) is 4.59. The maximum atomic E-state index is 12.6. The molecule has 0 aliphatic carbocycles. The number of nitrogens with zero attached hydrogens (tertiary/aromatic N) is 2. The molecule has 1 atom stereocenters. The lowest BCUT2D eigenvalue weighted by molar-refractivity contribution is -0.137. The van der Waals surface area contributed by atoms with Gasteiger partial charge in [0.1, 0.15) is 0 Å². The van der Waals surface area contributed by atoms with Crippen LogP contribution in [0.1, 0.15) is 18.1 Å². The van der Waals surface area contributed by atoms with E-state index in [1.807, 2.05) is 5.32 Å². The quantitative estimate of drug-likeness (QED) is 0.852. The van der Waals surface area contributed by atoms with E-state index in [1.54, 1.807) is 13.0 Å². The first-order chi connectivity index (χ1) is 11.2. The van der Waals surface area contributed by atoms with Crippen LogP contribution in [-0.2, 0) is 15.7 Å². The monoisotopic (exact) mass is 341 g/mol. The van der Waals surface area contributed by atoms with Gasteiger partial charge in [0.05, 0.1) is 23.9 Å². The number of benzene rings is 1. The Kier molecular flexibility index (Phi) is 6.47. The molecule has 0 heterocycles. The summed E-state index contributed by atoms with van der Waals surface area (Å²) in [7, 11) is 0. The van der Waals surface area contributed by atoms with Crippen molar-refractivity contribution in [2.75, 3.05) is 6.61 Å². The van der Waals surface area contributed by atoms with E-state index in [2.05, 4.69) is 9.73 Å². The lowest BCUT2D eigenvalue weighted by Gasteiger charge is -2.09. The normalized spacial score (nSPS) is 12.5. The third-order valence-electron chi connectivity index (χ3n) is 2.81. The molecule has 0 saturated carbocycles. The fourth-order valence-corrected chi connectivity index (χ4v) is 1.64. The van der Waals surface area contributed by atoms with Crippen molar-refractivity contribution in [2.45, 2.75) is 20.0 Å². The van der Waals surface area contributed by atoms with E-state index in [1.165, 1.54) is 6.92 Å². The van der Waals surface area contributed by atoms with Gasteiger partial charge in [-0.1, -0.05) is 0 Å². The highest BCUT2D eigenvalue weighted by molar-refractivity contribution is 6.03. The highest BCUT2D eigenvalue weighted by Crippen LogP contribution is 2.32. The lowest BCUT2D eigenvalue weighted by atomic mass is 10.1. The molecule has 1 aromatic carbocycles. The number of aryl methyl sites for hydroxylation is 1. The minimum Gasteiger partial charge on any atom is -0.450 e. The molecule has 1 unspecified atom stereocenters. The minimum absolute atomic E-state index is 0.0508. The number of nitrogens with one attached hydrogen (secondary N) is 1. The highest BCUT2D eigenvalue weighted by Gasteiger charge is 2.30. The Hall–Kier alpha value is -2.89. The number of aliphatic imine (C=N–C) groups is 1. The summed E-state index contributed by atoms with van der Waals surface area (Å²) in [6.45, 7) is 3.01. The summed E-state index contributed by atoms with van der Waals surface area (Å²) in [6.07, 6.45) is -4.52. The zero-order chi connectivity index (χ0) is 18.3. The fourth-order valence-electron chi connectivity index (χ4n) is 1.64. The summed E-state index contributed by atoms with van der Waals surface area (Å²) in [5.74, 6) is -2.33. The number of carbonyl (C=O) groups is 2. The van der Waals surface area contributed by atoms with Gasteiger partial charge in [-0.05, 0) is 37.6 Å². The van der Waals surface area contributed by atoms with Gasteiger partial charge >= 0.3 is 12.3 Å². The van der Waals surface area contributed by atoms with Gasteiger partial charge in [-0.25, -0.2) is 4.79 Å². The molecular formula is C15H14F3N3O3. The molecular weight excluding hydrogens is 327 g/mol. The summed E-state index contributed by atoms with van der Waals surface area (Å²) in [5.41, 5.74) is -0.424. The first-order valence-electron chi connectivity index (χ1n) is 6.78. The molecule has 2 amide bonds. The Labute approximate surface area is 135 Å². The molecule has 0 spiro atoms. The molecule has 6 nitrogen and oxygen atoms in total. The van der Waals surface area contributed by atoms with Gasteiger partial charge in [-0.2, -0.15) is 18.4 Å². The van der Waals surface area contributed by atoms with Crippen LogP contribution in [0.25, 0.3) is 0 Å². The third-order valence-corrected chi connectivity index (χ3v) is 2.81. The van der Waals surface area contributed by atoms with Crippen molar-refractivity contribution >= 4 is 23.9 Å². The van der Waals surface area contributed by atoms with Crippen LogP contribution in [0.4, 0.5) is 23.7 Å². The van der Waals surface area contributed by atoms with Crippen molar-refractivity contribution in [1.82, 2.24) is 5.32 Å². The number of imide groups is 1. The standard InChI is InChI=1S/C15H14F3N3O3/c1-3-24-14(23)21-13(22)10(7-19)8-20-12-5-4-11(6-9(12)2)15(16,17)18/h4-6,8,10H,3H2,1-2H3,(H,21,22,23). The molecule has 0 aliphatic rings. The summed E-state index contributed by atoms with van der Waals surface area (Å²) in [5, 5.41) is 10.8. The van der Waals surface area contributed by atoms with Crippen molar-refractivity contribution in [3.63, 3.8) is 0 Å². The van der Waals surface area contributed by atoms with Gasteiger partial charge in [-0.15, -0.1) is 0 Å². The van der Waals surface area contributed by atoms with Crippen LogP contribution in [0.3, 0.4) is 0 Å². The van der Waals surface area contributed by atoms with E-state index in [9.17, 15) is 22.8 Å². The molecule has 0 radical (unpaired) electrons. The first-order valence-corrected chi connectivity index (χ1v) is 6.78. The van der Waals surface area contributed by atoms with E-state index in [4.69, 9.17) is 5.26 Å². The van der Waals surface area contributed by atoms with Crippen LogP contribution in [0.5, 0.6) is 0 Å². The Balaban J connectivity index is 2.88. The van der Waals surface area contributed by atoms with Crippen LogP contribution < -0.4 is 5.32 Å². The Morgan fingerprint density at radius 2 is 2.12 bits per heavy atom. The van der Waals surface area contributed by atoms with E-state index >= 15 is 0 Å². The van der Waals surface area contributed by atoms with Crippen molar-refractivity contribution in [2.24, 2.45) is 10.9 Å².